The minimum Gasteiger partial charge on any atom is -0.478 e. The molecule has 6 nitrogen and oxygen atoms in total. The number of carbonyl (C=O) groups is 3. The molecular weight excluding hydrogens is 248 g/mol. The number of aryl methyl sites for hydroxylation is 1. The number of nitrogens with one attached hydrogen (secondary N) is 2. The molecule has 1 saturated heterocycles. The van der Waals surface area contributed by atoms with Gasteiger partial charge in [-0.1, -0.05) is 0 Å². The molecule has 1 aliphatic rings. The van der Waals surface area contributed by atoms with Gasteiger partial charge in [-0.2, -0.15) is 0 Å². The fourth-order valence-corrected chi connectivity index (χ4v) is 1.96. The molecule has 1 fully saturated rings. The van der Waals surface area contributed by atoms with E-state index in [2.05, 4.69) is 10.6 Å². The van der Waals surface area contributed by atoms with E-state index in [1.54, 1.807) is 13.0 Å². The first-order chi connectivity index (χ1) is 8.97. The quantitative estimate of drug-likeness (QED) is 0.749. The summed E-state index contributed by atoms with van der Waals surface area (Å²) >= 11 is 0. The van der Waals surface area contributed by atoms with Crippen LogP contribution >= 0.6 is 0 Å². The SMILES string of the molecule is Cc1cc(C(=O)O)ccc1NC(=O)C1CNC(=O)C1. The summed E-state index contributed by atoms with van der Waals surface area (Å²) in [6.07, 6.45) is 0.193. The third-order valence-electron chi connectivity index (χ3n) is 3.08. The summed E-state index contributed by atoms with van der Waals surface area (Å²) in [5, 5.41) is 14.2. The summed E-state index contributed by atoms with van der Waals surface area (Å²) in [6.45, 7) is 2.07. The Morgan fingerprint density at radius 1 is 1.42 bits per heavy atom. The normalized spacial score (nSPS) is 17.9. The Morgan fingerprint density at radius 2 is 2.16 bits per heavy atom. The molecule has 2 rings (SSSR count). The summed E-state index contributed by atoms with van der Waals surface area (Å²) in [4.78, 5) is 33.8. The third-order valence-corrected chi connectivity index (χ3v) is 3.08. The topological polar surface area (TPSA) is 95.5 Å². The zero-order valence-corrected chi connectivity index (χ0v) is 10.4. The Hall–Kier alpha value is -2.37. The fourth-order valence-electron chi connectivity index (χ4n) is 1.96. The predicted molar refractivity (Wildman–Crippen MR) is 67.9 cm³/mol. The molecule has 0 radical (unpaired) electrons. The van der Waals surface area contributed by atoms with Crippen molar-refractivity contribution < 1.29 is 19.5 Å². The van der Waals surface area contributed by atoms with Gasteiger partial charge in [0, 0.05) is 18.7 Å². The van der Waals surface area contributed by atoms with Gasteiger partial charge in [-0.15, -0.1) is 0 Å². The monoisotopic (exact) mass is 262 g/mol. The van der Waals surface area contributed by atoms with E-state index in [4.69, 9.17) is 5.11 Å². The first kappa shape index (κ1) is 13.1. The van der Waals surface area contributed by atoms with Crippen LogP contribution in [0.4, 0.5) is 5.69 Å². The second kappa shape index (κ2) is 5.09. The number of carboxylic acids is 1. The Bertz CT molecular complexity index is 554. The lowest BCUT2D eigenvalue weighted by Gasteiger charge is -2.11. The molecule has 6 heteroatoms. The van der Waals surface area contributed by atoms with Crippen molar-refractivity contribution in [2.45, 2.75) is 13.3 Å². The van der Waals surface area contributed by atoms with Crippen molar-refractivity contribution in [2.24, 2.45) is 5.92 Å². The van der Waals surface area contributed by atoms with Gasteiger partial charge in [-0.3, -0.25) is 9.59 Å². The molecule has 3 N–H and O–H groups in total. The number of hydrogen-bond donors (Lipinski definition) is 3. The average molecular weight is 262 g/mol. The molecule has 1 unspecified atom stereocenters. The molecule has 1 aromatic rings. The highest BCUT2D eigenvalue weighted by Gasteiger charge is 2.28. The highest BCUT2D eigenvalue weighted by atomic mass is 16.4. The lowest BCUT2D eigenvalue weighted by atomic mass is 10.1. The standard InChI is InChI=1S/C13H14N2O4/c1-7-4-8(13(18)19)2-3-10(7)15-12(17)9-5-11(16)14-6-9/h2-4,9H,5-6H2,1H3,(H,14,16)(H,15,17)(H,18,19). The first-order valence-electron chi connectivity index (χ1n) is 5.89. The molecule has 0 aliphatic carbocycles. The van der Waals surface area contributed by atoms with E-state index in [1.165, 1.54) is 12.1 Å². The number of aromatic carboxylic acids is 1. The van der Waals surface area contributed by atoms with E-state index in [0.29, 0.717) is 17.8 Å². The summed E-state index contributed by atoms with van der Waals surface area (Å²) in [5.74, 6) is -1.74. The number of carboxylic acid groups (broad SMARTS) is 1. The lowest BCUT2D eigenvalue weighted by molar-refractivity contribution is -0.123. The van der Waals surface area contributed by atoms with Crippen molar-refractivity contribution >= 4 is 23.5 Å². The molecule has 0 saturated carbocycles. The highest BCUT2D eigenvalue weighted by molar-refractivity contribution is 5.98. The van der Waals surface area contributed by atoms with Gasteiger partial charge in [0.25, 0.3) is 0 Å². The molecular formula is C13H14N2O4. The van der Waals surface area contributed by atoms with Crippen molar-refractivity contribution in [3.63, 3.8) is 0 Å². The summed E-state index contributed by atoms with van der Waals surface area (Å²) in [5.41, 5.74) is 1.41. The van der Waals surface area contributed by atoms with Gasteiger partial charge in [-0.05, 0) is 30.7 Å². The average Bonchev–Trinajstić information content (AvgIpc) is 2.78. The lowest BCUT2D eigenvalue weighted by Crippen LogP contribution is -2.25. The number of rotatable bonds is 3. The van der Waals surface area contributed by atoms with E-state index in [0.717, 1.165) is 0 Å². The predicted octanol–water partition coefficient (Wildman–Crippen LogP) is 0.768. The number of carbonyl (C=O) groups excluding carboxylic acids is 2. The van der Waals surface area contributed by atoms with Gasteiger partial charge in [-0.25, -0.2) is 4.79 Å². The third kappa shape index (κ3) is 2.90. The molecule has 1 aliphatic heterocycles. The molecule has 0 bridgehead atoms. The zero-order valence-electron chi connectivity index (χ0n) is 10.4. The van der Waals surface area contributed by atoms with Gasteiger partial charge < -0.3 is 15.7 Å². The van der Waals surface area contributed by atoms with Crippen molar-refractivity contribution in [1.29, 1.82) is 0 Å². The molecule has 2 amide bonds. The molecule has 19 heavy (non-hydrogen) atoms. The highest BCUT2D eigenvalue weighted by Crippen LogP contribution is 2.19. The van der Waals surface area contributed by atoms with Gasteiger partial charge in [0.05, 0.1) is 11.5 Å². The second-order valence-corrected chi connectivity index (χ2v) is 4.53. The van der Waals surface area contributed by atoms with Crippen LogP contribution in [0.15, 0.2) is 18.2 Å². The number of hydrogen-bond acceptors (Lipinski definition) is 3. The van der Waals surface area contributed by atoms with Gasteiger partial charge in [0.15, 0.2) is 0 Å². The molecule has 1 atom stereocenters. The van der Waals surface area contributed by atoms with Gasteiger partial charge in [0.1, 0.15) is 0 Å². The summed E-state index contributed by atoms with van der Waals surface area (Å²) in [6, 6.07) is 4.49. The van der Waals surface area contributed by atoms with Crippen LogP contribution in [0, 0.1) is 12.8 Å². The van der Waals surface area contributed by atoms with Crippen molar-refractivity contribution in [2.75, 3.05) is 11.9 Å². The minimum absolute atomic E-state index is 0.127. The Morgan fingerprint density at radius 3 is 2.68 bits per heavy atom. The van der Waals surface area contributed by atoms with Gasteiger partial charge >= 0.3 is 5.97 Å². The first-order valence-corrected chi connectivity index (χ1v) is 5.89. The smallest absolute Gasteiger partial charge is 0.335 e. The van der Waals surface area contributed by atoms with Crippen LogP contribution in [0.1, 0.15) is 22.3 Å². The zero-order chi connectivity index (χ0) is 14.0. The van der Waals surface area contributed by atoms with Crippen LogP contribution < -0.4 is 10.6 Å². The van der Waals surface area contributed by atoms with Crippen LogP contribution in [0.25, 0.3) is 0 Å². The Labute approximate surface area is 109 Å². The number of amides is 2. The largest absolute Gasteiger partial charge is 0.478 e. The van der Waals surface area contributed by atoms with Crippen LogP contribution in [-0.4, -0.2) is 29.4 Å². The minimum atomic E-state index is -1.01. The summed E-state index contributed by atoms with van der Waals surface area (Å²) in [7, 11) is 0. The molecule has 1 aromatic carbocycles. The Kier molecular flexibility index (Phi) is 3.50. The maximum Gasteiger partial charge on any atom is 0.335 e. The maximum absolute atomic E-state index is 11.9. The van der Waals surface area contributed by atoms with Crippen LogP contribution in [0.3, 0.4) is 0 Å². The van der Waals surface area contributed by atoms with Gasteiger partial charge in [0.2, 0.25) is 11.8 Å². The maximum atomic E-state index is 11.9. The summed E-state index contributed by atoms with van der Waals surface area (Å²) < 4.78 is 0. The van der Waals surface area contributed by atoms with Crippen LogP contribution in [-0.2, 0) is 9.59 Å². The van der Waals surface area contributed by atoms with E-state index < -0.39 is 5.97 Å². The number of benzene rings is 1. The van der Waals surface area contributed by atoms with Crippen LogP contribution in [0.5, 0.6) is 0 Å². The molecule has 1 heterocycles. The van der Waals surface area contributed by atoms with E-state index in [9.17, 15) is 14.4 Å². The van der Waals surface area contributed by atoms with E-state index >= 15 is 0 Å². The Balaban J connectivity index is 2.09. The van der Waals surface area contributed by atoms with E-state index in [1.807, 2.05) is 0 Å². The molecule has 0 spiro atoms. The van der Waals surface area contributed by atoms with Crippen molar-refractivity contribution in [3.8, 4) is 0 Å². The van der Waals surface area contributed by atoms with Crippen molar-refractivity contribution in [3.05, 3.63) is 29.3 Å². The molecule has 0 aromatic heterocycles. The van der Waals surface area contributed by atoms with E-state index in [-0.39, 0.29) is 29.7 Å². The number of anilines is 1. The van der Waals surface area contributed by atoms with Crippen molar-refractivity contribution in [1.82, 2.24) is 5.32 Å². The molecule has 100 valence electrons. The fraction of sp³-hybridized carbons (Fsp3) is 0.308. The van der Waals surface area contributed by atoms with Crippen LogP contribution in [0.2, 0.25) is 0 Å². The second-order valence-electron chi connectivity index (χ2n) is 4.53.